The van der Waals surface area contributed by atoms with Crippen LogP contribution in [0, 0.1) is 10.1 Å². The van der Waals surface area contributed by atoms with Gasteiger partial charge in [-0.2, -0.15) is 0 Å². The van der Waals surface area contributed by atoms with Crippen molar-refractivity contribution in [2.45, 2.75) is 5.75 Å². The summed E-state index contributed by atoms with van der Waals surface area (Å²) in [6.07, 6.45) is 0. The van der Waals surface area contributed by atoms with E-state index in [1.54, 1.807) is 0 Å². The van der Waals surface area contributed by atoms with Crippen molar-refractivity contribution in [1.82, 2.24) is 0 Å². The van der Waals surface area contributed by atoms with Gasteiger partial charge in [0.2, 0.25) is 0 Å². The van der Waals surface area contributed by atoms with Crippen molar-refractivity contribution in [2.75, 3.05) is 12.3 Å². The number of rotatable bonds is 5. The summed E-state index contributed by atoms with van der Waals surface area (Å²) in [4.78, 5) is 9.94. The lowest BCUT2D eigenvalue weighted by atomic mass is 10.2. The number of nitro groups is 1. The molecule has 2 N–H and O–H groups in total. The summed E-state index contributed by atoms with van der Waals surface area (Å²) in [5.41, 5.74) is 5.84. The Kier molecular flexibility index (Phi) is 4.85. The smallest absolute Gasteiger partial charge is 0.270 e. The second-order valence-corrected chi connectivity index (χ2v) is 5.09. The lowest BCUT2D eigenvalue weighted by Crippen LogP contribution is -2.11. The molecule has 16 heavy (non-hydrogen) atoms. The number of nitrogens with zero attached hydrogens (tertiary/aromatic N) is 1. The average molecular weight is 263 g/mol. The van der Waals surface area contributed by atoms with Crippen molar-refractivity contribution >= 4 is 28.1 Å². The van der Waals surface area contributed by atoms with Crippen LogP contribution in [0.25, 0.3) is 0 Å². The average Bonchev–Trinajstić information content (AvgIpc) is 2.21. The Hall–Kier alpha value is -0.980. The summed E-state index contributed by atoms with van der Waals surface area (Å²) in [7, 11) is -1.08. The normalized spacial score (nSPS) is 12.4. The van der Waals surface area contributed by atoms with Gasteiger partial charge in [-0.15, -0.1) is 0 Å². The van der Waals surface area contributed by atoms with Crippen LogP contribution >= 0.6 is 11.6 Å². The van der Waals surface area contributed by atoms with E-state index in [2.05, 4.69) is 0 Å². The Balaban J connectivity index is 2.83. The quantitative estimate of drug-likeness (QED) is 0.643. The van der Waals surface area contributed by atoms with Crippen LogP contribution in [0.4, 0.5) is 5.69 Å². The second kappa shape index (κ2) is 5.93. The van der Waals surface area contributed by atoms with Gasteiger partial charge in [0, 0.05) is 35.2 Å². The van der Waals surface area contributed by atoms with E-state index in [0.717, 1.165) is 0 Å². The standard InChI is InChI=1S/C9H11ClN2O3S/c10-9-5-8(12(13)14)2-1-7(9)6-16(15)4-3-11/h1-2,5H,3-4,6,11H2. The number of hydrogen-bond donors (Lipinski definition) is 1. The van der Waals surface area contributed by atoms with E-state index in [9.17, 15) is 14.3 Å². The van der Waals surface area contributed by atoms with Gasteiger partial charge in [-0.1, -0.05) is 11.6 Å². The Bertz CT molecular complexity index is 425. The van der Waals surface area contributed by atoms with Gasteiger partial charge in [-0.3, -0.25) is 14.3 Å². The molecule has 1 atom stereocenters. The van der Waals surface area contributed by atoms with Crippen LogP contribution in [-0.4, -0.2) is 21.4 Å². The highest BCUT2D eigenvalue weighted by atomic mass is 35.5. The minimum atomic E-state index is -1.08. The van der Waals surface area contributed by atoms with Gasteiger partial charge in [0.1, 0.15) is 0 Å². The molecule has 1 rings (SSSR count). The number of halogens is 1. The van der Waals surface area contributed by atoms with Crippen LogP contribution in [0.2, 0.25) is 5.02 Å². The number of nitrogens with two attached hydrogens (primary N) is 1. The number of nitro benzene ring substituents is 1. The molecule has 5 nitrogen and oxygen atoms in total. The molecule has 1 aromatic carbocycles. The first-order valence-corrected chi connectivity index (χ1v) is 6.39. The summed E-state index contributed by atoms with van der Waals surface area (Å²) < 4.78 is 11.4. The van der Waals surface area contributed by atoms with Crippen LogP contribution in [0.1, 0.15) is 5.56 Å². The summed E-state index contributed by atoms with van der Waals surface area (Å²) in [6, 6.07) is 4.13. The molecule has 0 saturated carbocycles. The molecule has 0 aliphatic rings. The second-order valence-electron chi connectivity index (χ2n) is 3.11. The fourth-order valence-corrected chi connectivity index (χ4v) is 2.47. The zero-order chi connectivity index (χ0) is 12.1. The molecule has 88 valence electrons. The fourth-order valence-electron chi connectivity index (χ4n) is 1.14. The molecule has 1 unspecified atom stereocenters. The van der Waals surface area contributed by atoms with E-state index in [1.807, 2.05) is 0 Å². The first kappa shape index (κ1) is 13.1. The molecular weight excluding hydrogens is 252 g/mol. The van der Waals surface area contributed by atoms with E-state index in [1.165, 1.54) is 18.2 Å². The predicted molar refractivity (Wildman–Crippen MR) is 63.9 cm³/mol. The zero-order valence-corrected chi connectivity index (χ0v) is 9.96. The molecule has 0 heterocycles. The van der Waals surface area contributed by atoms with Crippen molar-refractivity contribution < 1.29 is 9.13 Å². The third-order valence-electron chi connectivity index (χ3n) is 1.91. The van der Waals surface area contributed by atoms with Crippen molar-refractivity contribution in [3.05, 3.63) is 38.9 Å². The van der Waals surface area contributed by atoms with E-state index in [0.29, 0.717) is 17.9 Å². The largest absolute Gasteiger partial charge is 0.330 e. The van der Waals surface area contributed by atoms with Crippen LogP contribution in [0.3, 0.4) is 0 Å². The lowest BCUT2D eigenvalue weighted by molar-refractivity contribution is -0.384. The van der Waals surface area contributed by atoms with E-state index >= 15 is 0 Å². The Morgan fingerprint density at radius 3 is 2.69 bits per heavy atom. The third-order valence-corrected chi connectivity index (χ3v) is 3.59. The Morgan fingerprint density at radius 2 is 2.19 bits per heavy atom. The van der Waals surface area contributed by atoms with Gasteiger partial charge in [-0.05, 0) is 11.6 Å². The first-order valence-electron chi connectivity index (χ1n) is 4.52. The molecule has 0 saturated heterocycles. The molecule has 0 amide bonds. The molecular formula is C9H11ClN2O3S. The lowest BCUT2D eigenvalue weighted by Gasteiger charge is -2.03. The maximum Gasteiger partial charge on any atom is 0.270 e. The number of hydrogen-bond acceptors (Lipinski definition) is 4. The topological polar surface area (TPSA) is 86.2 Å². The molecule has 0 radical (unpaired) electrons. The van der Waals surface area contributed by atoms with E-state index < -0.39 is 15.7 Å². The summed E-state index contributed by atoms with van der Waals surface area (Å²) in [6.45, 7) is 0.344. The van der Waals surface area contributed by atoms with Gasteiger partial charge in [0.25, 0.3) is 5.69 Å². The minimum absolute atomic E-state index is 0.0710. The molecule has 0 fully saturated rings. The minimum Gasteiger partial charge on any atom is -0.330 e. The summed E-state index contributed by atoms with van der Waals surface area (Å²) in [5.74, 6) is 0.668. The maximum absolute atomic E-state index is 11.4. The highest BCUT2D eigenvalue weighted by Crippen LogP contribution is 2.23. The van der Waals surface area contributed by atoms with Crippen LogP contribution in [-0.2, 0) is 16.6 Å². The zero-order valence-electron chi connectivity index (χ0n) is 8.39. The van der Waals surface area contributed by atoms with Crippen molar-refractivity contribution in [3.8, 4) is 0 Å². The monoisotopic (exact) mass is 262 g/mol. The molecule has 1 aromatic rings. The van der Waals surface area contributed by atoms with Gasteiger partial charge in [0.15, 0.2) is 0 Å². The van der Waals surface area contributed by atoms with E-state index in [4.69, 9.17) is 17.3 Å². The Labute approximate surface area is 100 Å². The molecule has 0 spiro atoms. The predicted octanol–water partition coefficient (Wildman–Crippen LogP) is 1.46. The van der Waals surface area contributed by atoms with Crippen LogP contribution < -0.4 is 5.73 Å². The molecule has 7 heteroatoms. The SMILES string of the molecule is NCCS(=O)Cc1ccc([N+](=O)[O-])cc1Cl. The molecule has 0 aliphatic carbocycles. The molecule has 0 aliphatic heterocycles. The maximum atomic E-state index is 11.4. The van der Waals surface area contributed by atoms with Gasteiger partial charge in [0.05, 0.1) is 15.7 Å². The van der Waals surface area contributed by atoms with E-state index in [-0.39, 0.29) is 16.5 Å². The highest BCUT2D eigenvalue weighted by molar-refractivity contribution is 7.84. The molecule has 0 bridgehead atoms. The number of non-ortho nitro benzene ring substituents is 1. The molecule has 0 aromatic heterocycles. The van der Waals surface area contributed by atoms with Crippen molar-refractivity contribution in [2.24, 2.45) is 5.73 Å². The van der Waals surface area contributed by atoms with Crippen molar-refractivity contribution in [1.29, 1.82) is 0 Å². The van der Waals surface area contributed by atoms with Crippen LogP contribution in [0.15, 0.2) is 18.2 Å². The summed E-state index contributed by atoms with van der Waals surface area (Å²) in [5, 5.41) is 10.7. The number of benzene rings is 1. The van der Waals surface area contributed by atoms with Gasteiger partial charge in [-0.25, -0.2) is 0 Å². The van der Waals surface area contributed by atoms with Gasteiger partial charge < -0.3 is 5.73 Å². The summed E-state index contributed by atoms with van der Waals surface area (Å²) >= 11 is 5.85. The first-order chi connectivity index (χ1) is 7.54. The van der Waals surface area contributed by atoms with Crippen molar-refractivity contribution in [3.63, 3.8) is 0 Å². The van der Waals surface area contributed by atoms with Crippen LogP contribution in [0.5, 0.6) is 0 Å². The Morgan fingerprint density at radius 1 is 1.50 bits per heavy atom. The third kappa shape index (κ3) is 3.55. The fraction of sp³-hybridized carbons (Fsp3) is 0.333. The van der Waals surface area contributed by atoms with Gasteiger partial charge >= 0.3 is 0 Å². The highest BCUT2D eigenvalue weighted by Gasteiger charge is 2.11.